The van der Waals surface area contributed by atoms with Crippen molar-refractivity contribution in [1.82, 2.24) is 5.32 Å². The fraction of sp³-hybridized carbons (Fsp3) is 0.267. The molecule has 0 aliphatic heterocycles. The minimum Gasteiger partial charge on any atom is -0.495 e. The zero-order valence-electron chi connectivity index (χ0n) is 11.9. The standard InChI is InChI=1S/C15H17ClN2O2S/c1-10-6-13(14(20-2)7-12(10)16)17-9-15(19)18-8-11-4-3-5-21-11/h3-7,17H,8-9H2,1-2H3,(H,18,19). The molecule has 2 aromatic rings. The first-order valence-corrected chi connectivity index (χ1v) is 7.73. The lowest BCUT2D eigenvalue weighted by Crippen LogP contribution is -2.29. The number of amides is 1. The monoisotopic (exact) mass is 324 g/mol. The number of aryl methyl sites for hydroxylation is 1. The van der Waals surface area contributed by atoms with Crippen molar-refractivity contribution in [3.8, 4) is 5.75 Å². The van der Waals surface area contributed by atoms with Gasteiger partial charge in [0.25, 0.3) is 0 Å². The molecule has 0 saturated heterocycles. The van der Waals surface area contributed by atoms with Crippen LogP contribution in [0.3, 0.4) is 0 Å². The van der Waals surface area contributed by atoms with E-state index in [4.69, 9.17) is 16.3 Å². The number of halogens is 1. The summed E-state index contributed by atoms with van der Waals surface area (Å²) in [7, 11) is 1.57. The molecule has 0 spiro atoms. The van der Waals surface area contributed by atoms with Crippen LogP contribution in [0.1, 0.15) is 10.4 Å². The molecule has 0 unspecified atom stereocenters. The van der Waals surface area contributed by atoms with Crippen LogP contribution in [0.5, 0.6) is 5.75 Å². The first-order valence-electron chi connectivity index (χ1n) is 6.47. The minimum absolute atomic E-state index is 0.0712. The number of rotatable bonds is 6. The smallest absolute Gasteiger partial charge is 0.239 e. The van der Waals surface area contributed by atoms with Crippen LogP contribution in [0.15, 0.2) is 29.6 Å². The zero-order chi connectivity index (χ0) is 15.2. The van der Waals surface area contributed by atoms with E-state index in [9.17, 15) is 4.79 Å². The molecule has 1 aromatic carbocycles. The van der Waals surface area contributed by atoms with Crippen molar-refractivity contribution in [2.45, 2.75) is 13.5 Å². The highest BCUT2D eigenvalue weighted by molar-refractivity contribution is 7.09. The van der Waals surface area contributed by atoms with Crippen LogP contribution in [-0.4, -0.2) is 19.6 Å². The number of carbonyl (C=O) groups excluding carboxylic acids is 1. The van der Waals surface area contributed by atoms with Gasteiger partial charge in [-0.05, 0) is 30.0 Å². The summed E-state index contributed by atoms with van der Waals surface area (Å²) in [6.07, 6.45) is 0. The van der Waals surface area contributed by atoms with Gasteiger partial charge in [0.15, 0.2) is 0 Å². The van der Waals surface area contributed by atoms with E-state index < -0.39 is 0 Å². The van der Waals surface area contributed by atoms with E-state index in [1.54, 1.807) is 24.5 Å². The van der Waals surface area contributed by atoms with E-state index in [1.165, 1.54) is 0 Å². The molecule has 0 saturated carbocycles. The molecule has 1 heterocycles. The van der Waals surface area contributed by atoms with E-state index in [0.29, 0.717) is 17.3 Å². The van der Waals surface area contributed by atoms with Crippen molar-refractivity contribution >= 4 is 34.5 Å². The molecule has 0 bridgehead atoms. The van der Waals surface area contributed by atoms with Gasteiger partial charge < -0.3 is 15.4 Å². The quantitative estimate of drug-likeness (QED) is 0.855. The molecule has 0 atom stereocenters. The number of benzene rings is 1. The second-order valence-electron chi connectivity index (χ2n) is 4.51. The molecule has 112 valence electrons. The maximum Gasteiger partial charge on any atom is 0.239 e. The normalized spacial score (nSPS) is 10.2. The van der Waals surface area contributed by atoms with Gasteiger partial charge >= 0.3 is 0 Å². The number of hydrogen-bond acceptors (Lipinski definition) is 4. The molecule has 2 rings (SSSR count). The molecule has 1 amide bonds. The van der Waals surface area contributed by atoms with Crippen molar-refractivity contribution in [1.29, 1.82) is 0 Å². The summed E-state index contributed by atoms with van der Waals surface area (Å²) in [6.45, 7) is 2.64. The highest BCUT2D eigenvalue weighted by atomic mass is 35.5. The van der Waals surface area contributed by atoms with Gasteiger partial charge in [0.2, 0.25) is 5.91 Å². The summed E-state index contributed by atoms with van der Waals surface area (Å²) >= 11 is 7.67. The Morgan fingerprint density at radius 3 is 2.90 bits per heavy atom. The van der Waals surface area contributed by atoms with Gasteiger partial charge in [0.1, 0.15) is 5.75 Å². The number of hydrogen-bond donors (Lipinski definition) is 2. The molecule has 0 fully saturated rings. The number of nitrogens with one attached hydrogen (secondary N) is 2. The minimum atomic E-state index is -0.0712. The molecule has 0 radical (unpaired) electrons. The maximum absolute atomic E-state index is 11.8. The Kier molecular flexibility index (Phi) is 5.47. The van der Waals surface area contributed by atoms with Crippen LogP contribution in [0.25, 0.3) is 0 Å². The van der Waals surface area contributed by atoms with E-state index in [0.717, 1.165) is 16.1 Å². The Balaban J connectivity index is 1.90. The molecule has 1 aromatic heterocycles. The summed E-state index contributed by atoms with van der Waals surface area (Å²) in [5, 5.41) is 8.56. The topological polar surface area (TPSA) is 50.4 Å². The third-order valence-corrected chi connectivity index (χ3v) is 4.24. The van der Waals surface area contributed by atoms with Crippen LogP contribution < -0.4 is 15.4 Å². The number of thiophene rings is 1. The first kappa shape index (κ1) is 15.7. The van der Waals surface area contributed by atoms with Gasteiger partial charge in [0.05, 0.1) is 25.9 Å². The number of ether oxygens (including phenoxy) is 1. The number of carbonyl (C=O) groups is 1. The predicted octanol–water partition coefficient (Wildman–Crippen LogP) is 3.45. The van der Waals surface area contributed by atoms with Gasteiger partial charge in [-0.1, -0.05) is 17.7 Å². The van der Waals surface area contributed by atoms with E-state index in [1.807, 2.05) is 30.5 Å². The lowest BCUT2D eigenvalue weighted by atomic mass is 10.2. The highest BCUT2D eigenvalue weighted by Gasteiger charge is 2.08. The van der Waals surface area contributed by atoms with Crippen LogP contribution in [0.2, 0.25) is 5.02 Å². The average Bonchev–Trinajstić information content (AvgIpc) is 2.99. The van der Waals surface area contributed by atoms with Crippen molar-refractivity contribution in [3.05, 3.63) is 45.1 Å². The highest BCUT2D eigenvalue weighted by Crippen LogP contribution is 2.30. The zero-order valence-corrected chi connectivity index (χ0v) is 13.5. The molecule has 4 nitrogen and oxygen atoms in total. The molecule has 0 aliphatic rings. The largest absolute Gasteiger partial charge is 0.495 e. The van der Waals surface area contributed by atoms with E-state index in [2.05, 4.69) is 10.6 Å². The molecule has 21 heavy (non-hydrogen) atoms. The number of anilines is 1. The predicted molar refractivity (Wildman–Crippen MR) is 87.4 cm³/mol. The maximum atomic E-state index is 11.8. The van der Waals surface area contributed by atoms with Gasteiger partial charge in [-0.15, -0.1) is 11.3 Å². The van der Waals surface area contributed by atoms with Crippen LogP contribution in [-0.2, 0) is 11.3 Å². The third-order valence-electron chi connectivity index (χ3n) is 2.96. The first-order chi connectivity index (χ1) is 10.1. The van der Waals surface area contributed by atoms with Gasteiger partial charge in [-0.3, -0.25) is 4.79 Å². The number of methoxy groups -OCH3 is 1. The lowest BCUT2D eigenvalue weighted by molar-refractivity contribution is -0.119. The fourth-order valence-corrected chi connectivity index (χ4v) is 2.61. The van der Waals surface area contributed by atoms with Crippen molar-refractivity contribution in [2.24, 2.45) is 0 Å². The molecule has 2 N–H and O–H groups in total. The van der Waals surface area contributed by atoms with Gasteiger partial charge in [-0.25, -0.2) is 0 Å². The summed E-state index contributed by atoms with van der Waals surface area (Å²) < 4.78 is 5.26. The van der Waals surface area contributed by atoms with Gasteiger partial charge in [0, 0.05) is 16.0 Å². The molecular weight excluding hydrogens is 308 g/mol. The third kappa shape index (κ3) is 4.37. The van der Waals surface area contributed by atoms with Crippen LogP contribution in [0, 0.1) is 6.92 Å². The summed E-state index contributed by atoms with van der Waals surface area (Å²) in [5.74, 6) is 0.551. The van der Waals surface area contributed by atoms with Gasteiger partial charge in [-0.2, -0.15) is 0 Å². The Labute approximate surface area is 133 Å². The Hall–Kier alpha value is -1.72. The van der Waals surface area contributed by atoms with E-state index in [-0.39, 0.29) is 12.5 Å². The summed E-state index contributed by atoms with van der Waals surface area (Å²) in [4.78, 5) is 13.0. The van der Waals surface area contributed by atoms with E-state index >= 15 is 0 Å². The fourth-order valence-electron chi connectivity index (χ4n) is 1.81. The lowest BCUT2D eigenvalue weighted by Gasteiger charge is -2.13. The second-order valence-corrected chi connectivity index (χ2v) is 5.95. The van der Waals surface area contributed by atoms with Crippen molar-refractivity contribution < 1.29 is 9.53 Å². The van der Waals surface area contributed by atoms with Crippen LogP contribution in [0.4, 0.5) is 5.69 Å². The van der Waals surface area contributed by atoms with Crippen molar-refractivity contribution in [2.75, 3.05) is 19.0 Å². The average molecular weight is 325 g/mol. The molecular formula is C15H17ClN2O2S. The molecule has 0 aliphatic carbocycles. The Bertz CT molecular complexity index is 614. The van der Waals surface area contributed by atoms with Crippen molar-refractivity contribution in [3.63, 3.8) is 0 Å². The Morgan fingerprint density at radius 1 is 1.43 bits per heavy atom. The van der Waals surface area contributed by atoms with Crippen LogP contribution >= 0.6 is 22.9 Å². The summed E-state index contributed by atoms with van der Waals surface area (Å²) in [5.41, 5.74) is 1.68. The summed E-state index contributed by atoms with van der Waals surface area (Å²) in [6, 6.07) is 7.56. The SMILES string of the molecule is COc1cc(Cl)c(C)cc1NCC(=O)NCc1cccs1. The second kappa shape index (κ2) is 7.33. The molecule has 6 heteroatoms. The Morgan fingerprint density at radius 2 is 2.24 bits per heavy atom.